The van der Waals surface area contributed by atoms with E-state index in [0.29, 0.717) is 17.4 Å². The second kappa shape index (κ2) is 7.73. The number of H-pyrrole nitrogens is 1. The lowest BCUT2D eigenvalue weighted by atomic mass is 10.2. The van der Waals surface area contributed by atoms with Gasteiger partial charge in [0, 0.05) is 19.5 Å². The van der Waals surface area contributed by atoms with E-state index in [1.165, 1.54) is 4.57 Å². The largest absolute Gasteiger partial charge is 0.356 e. The summed E-state index contributed by atoms with van der Waals surface area (Å²) in [7, 11) is 3.96. The highest BCUT2D eigenvalue weighted by atomic mass is 16.2. The summed E-state index contributed by atoms with van der Waals surface area (Å²) in [5.41, 5.74) is -0.356. The van der Waals surface area contributed by atoms with E-state index in [4.69, 9.17) is 0 Å². The minimum absolute atomic E-state index is 0.106. The van der Waals surface area contributed by atoms with Crippen molar-refractivity contribution in [2.45, 2.75) is 19.4 Å². The Kier molecular flexibility index (Phi) is 5.70. The van der Waals surface area contributed by atoms with Crippen LogP contribution in [-0.4, -0.2) is 47.5 Å². The molecule has 23 heavy (non-hydrogen) atoms. The molecule has 1 amide bonds. The van der Waals surface area contributed by atoms with Crippen LogP contribution in [0.3, 0.4) is 0 Å². The molecule has 0 saturated heterocycles. The summed E-state index contributed by atoms with van der Waals surface area (Å²) in [5, 5.41) is 3.28. The van der Waals surface area contributed by atoms with Gasteiger partial charge < -0.3 is 10.2 Å². The van der Waals surface area contributed by atoms with E-state index in [1.54, 1.807) is 24.3 Å². The Bertz CT molecular complexity index is 792. The number of carbonyl (C=O) groups is 1. The van der Waals surface area contributed by atoms with Crippen molar-refractivity contribution in [3.63, 3.8) is 0 Å². The zero-order chi connectivity index (χ0) is 16.8. The maximum Gasteiger partial charge on any atom is 0.328 e. The number of para-hydroxylation sites is 1. The van der Waals surface area contributed by atoms with Gasteiger partial charge in [-0.05, 0) is 39.2 Å². The van der Waals surface area contributed by atoms with Gasteiger partial charge in [-0.3, -0.25) is 19.1 Å². The number of rotatable bonds is 7. The molecule has 2 rings (SSSR count). The number of aromatic nitrogens is 2. The van der Waals surface area contributed by atoms with Gasteiger partial charge in [-0.25, -0.2) is 4.79 Å². The Morgan fingerprint density at radius 1 is 1.26 bits per heavy atom. The van der Waals surface area contributed by atoms with Crippen LogP contribution in [0.2, 0.25) is 0 Å². The van der Waals surface area contributed by atoms with Crippen LogP contribution in [0.25, 0.3) is 10.9 Å². The quantitative estimate of drug-likeness (QED) is 0.711. The Balaban J connectivity index is 2.01. The average molecular weight is 318 g/mol. The highest BCUT2D eigenvalue weighted by Gasteiger charge is 2.08. The van der Waals surface area contributed by atoms with Crippen molar-refractivity contribution < 1.29 is 4.79 Å². The van der Waals surface area contributed by atoms with Gasteiger partial charge in [-0.1, -0.05) is 12.1 Å². The maximum atomic E-state index is 12.0. The first-order valence-electron chi connectivity index (χ1n) is 7.62. The summed E-state index contributed by atoms with van der Waals surface area (Å²) < 4.78 is 1.43. The molecule has 1 aromatic heterocycles. The smallest absolute Gasteiger partial charge is 0.328 e. The Hall–Kier alpha value is -2.41. The highest BCUT2D eigenvalue weighted by Crippen LogP contribution is 2.06. The molecule has 0 aliphatic rings. The van der Waals surface area contributed by atoms with Crippen molar-refractivity contribution in [2.75, 3.05) is 27.2 Å². The van der Waals surface area contributed by atoms with Crippen molar-refractivity contribution in [3.8, 4) is 0 Å². The van der Waals surface area contributed by atoms with Crippen LogP contribution < -0.4 is 16.6 Å². The summed E-state index contributed by atoms with van der Waals surface area (Å²) >= 11 is 0. The molecule has 0 bridgehead atoms. The van der Waals surface area contributed by atoms with E-state index in [9.17, 15) is 14.4 Å². The first-order chi connectivity index (χ1) is 11.0. The van der Waals surface area contributed by atoms with Crippen LogP contribution in [0, 0.1) is 0 Å². The molecular weight excluding hydrogens is 296 g/mol. The molecule has 0 fully saturated rings. The second-order valence-electron chi connectivity index (χ2n) is 5.68. The summed E-state index contributed by atoms with van der Waals surface area (Å²) in [5.74, 6) is -0.106. The van der Waals surface area contributed by atoms with Crippen molar-refractivity contribution >= 4 is 16.8 Å². The SMILES string of the molecule is CN(C)CCCNC(=O)CCn1c(=O)[nH]c(=O)c2ccccc21. The van der Waals surface area contributed by atoms with Crippen LogP contribution in [0.5, 0.6) is 0 Å². The first-order valence-corrected chi connectivity index (χ1v) is 7.62. The van der Waals surface area contributed by atoms with E-state index in [0.717, 1.165) is 13.0 Å². The normalized spacial score (nSPS) is 11.1. The lowest BCUT2D eigenvalue weighted by molar-refractivity contribution is -0.121. The standard InChI is InChI=1S/C16H22N4O3/c1-19(2)10-5-9-17-14(21)8-11-20-13-7-4-3-6-12(13)15(22)18-16(20)23/h3-4,6-7H,5,8-11H2,1-2H3,(H,17,21)(H,18,22,23). The molecule has 2 aromatic rings. The average Bonchev–Trinajstić information content (AvgIpc) is 2.51. The number of aryl methyl sites for hydroxylation is 1. The summed E-state index contributed by atoms with van der Waals surface area (Å²) in [6.45, 7) is 1.75. The van der Waals surface area contributed by atoms with Crippen molar-refractivity contribution in [1.29, 1.82) is 0 Å². The van der Waals surface area contributed by atoms with E-state index in [1.807, 2.05) is 14.1 Å². The van der Waals surface area contributed by atoms with Crippen LogP contribution in [-0.2, 0) is 11.3 Å². The van der Waals surface area contributed by atoms with E-state index >= 15 is 0 Å². The van der Waals surface area contributed by atoms with E-state index < -0.39 is 11.2 Å². The number of nitrogens with zero attached hydrogens (tertiary/aromatic N) is 2. The molecule has 0 unspecified atom stereocenters. The zero-order valence-electron chi connectivity index (χ0n) is 13.5. The minimum atomic E-state index is -0.492. The molecule has 7 nitrogen and oxygen atoms in total. The molecular formula is C16H22N4O3. The van der Waals surface area contributed by atoms with Gasteiger partial charge in [-0.2, -0.15) is 0 Å². The molecule has 0 aliphatic carbocycles. The van der Waals surface area contributed by atoms with Crippen LogP contribution >= 0.6 is 0 Å². The molecule has 1 aromatic carbocycles. The lowest BCUT2D eigenvalue weighted by Gasteiger charge is -2.11. The third-order valence-electron chi connectivity index (χ3n) is 3.57. The topological polar surface area (TPSA) is 87.2 Å². The fraction of sp³-hybridized carbons (Fsp3) is 0.438. The number of amides is 1. The number of fused-ring (bicyclic) bond motifs is 1. The van der Waals surface area contributed by atoms with Gasteiger partial charge in [-0.15, -0.1) is 0 Å². The molecule has 0 saturated carbocycles. The highest BCUT2D eigenvalue weighted by molar-refractivity contribution is 5.78. The summed E-state index contributed by atoms with van der Waals surface area (Å²) in [6.07, 6.45) is 1.07. The van der Waals surface area contributed by atoms with Crippen molar-refractivity contribution in [1.82, 2.24) is 19.8 Å². The number of carbonyl (C=O) groups excluding carboxylic acids is 1. The van der Waals surface area contributed by atoms with E-state index in [-0.39, 0.29) is 18.9 Å². The predicted molar refractivity (Wildman–Crippen MR) is 89.6 cm³/mol. The molecule has 0 spiro atoms. The zero-order valence-corrected chi connectivity index (χ0v) is 13.5. The van der Waals surface area contributed by atoms with Gasteiger partial charge in [0.1, 0.15) is 0 Å². The number of aromatic amines is 1. The van der Waals surface area contributed by atoms with Crippen LogP contribution in [0.15, 0.2) is 33.9 Å². The van der Waals surface area contributed by atoms with Crippen LogP contribution in [0.4, 0.5) is 0 Å². The Morgan fingerprint density at radius 3 is 2.74 bits per heavy atom. The second-order valence-corrected chi connectivity index (χ2v) is 5.68. The van der Waals surface area contributed by atoms with Crippen LogP contribution in [0.1, 0.15) is 12.8 Å². The minimum Gasteiger partial charge on any atom is -0.356 e. The third-order valence-corrected chi connectivity index (χ3v) is 3.57. The fourth-order valence-corrected chi connectivity index (χ4v) is 2.39. The van der Waals surface area contributed by atoms with Gasteiger partial charge in [0.25, 0.3) is 5.56 Å². The summed E-state index contributed by atoms with van der Waals surface area (Å²) in [4.78, 5) is 39.9. The Morgan fingerprint density at radius 2 is 2.00 bits per heavy atom. The third kappa shape index (κ3) is 4.53. The molecule has 1 heterocycles. The summed E-state index contributed by atoms with van der Waals surface area (Å²) in [6, 6.07) is 6.87. The van der Waals surface area contributed by atoms with Gasteiger partial charge in [0.2, 0.25) is 5.91 Å². The number of nitrogens with one attached hydrogen (secondary N) is 2. The number of hydrogen-bond acceptors (Lipinski definition) is 4. The van der Waals surface area contributed by atoms with Gasteiger partial charge in [0.15, 0.2) is 0 Å². The molecule has 0 radical (unpaired) electrons. The van der Waals surface area contributed by atoms with E-state index in [2.05, 4.69) is 15.2 Å². The molecule has 2 N–H and O–H groups in total. The predicted octanol–water partition coefficient (Wildman–Crippen LogP) is 0.148. The fourth-order valence-electron chi connectivity index (χ4n) is 2.39. The lowest BCUT2D eigenvalue weighted by Crippen LogP contribution is -2.33. The molecule has 7 heteroatoms. The van der Waals surface area contributed by atoms with Gasteiger partial charge >= 0.3 is 5.69 Å². The van der Waals surface area contributed by atoms with Gasteiger partial charge in [0.05, 0.1) is 10.9 Å². The number of hydrogen-bond donors (Lipinski definition) is 2. The molecule has 124 valence electrons. The Labute approximate surface area is 133 Å². The maximum absolute atomic E-state index is 12.0. The van der Waals surface area contributed by atoms with Crippen molar-refractivity contribution in [3.05, 3.63) is 45.1 Å². The number of benzene rings is 1. The molecule has 0 aliphatic heterocycles. The first kappa shape index (κ1) is 17.0. The molecule has 0 atom stereocenters. The van der Waals surface area contributed by atoms with Crippen molar-refractivity contribution in [2.24, 2.45) is 0 Å². The monoisotopic (exact) mass is 318 g/mol.